The van der Waals surface area contributed by atoms with E-state index in [2.05, 4.69) is 10.2 Å². The van der Waals surface area contributed by atoms with E-state index in [1.54, 1.807) is 4.90 Å². The van der Waals surface area contributed by atoms with Crippen LogP contribution in [0.4, 0.5) is 0 Å². The molecule has 1 saturated heterocycles. The van der Waals surface area contributed by atoms with Crippen molar-refractivity contribution in [1.29, 1.82) is 0 Å². The molecule has 4 rings (SSSR count). The van der Waals surface area contributed by atoms with Gasteiger partial charge in [0, 0.05) is 17.8 Å². The molecule has 0 saturated carbocycles. The minimum absolute atomic E-state index is 0.123. The molecule has 1 atom stereocenters. The predicted octanol–water partition coefficient (Wildman–Crippen LogP) is 3.15. The maximum atomic E-state index is 13.1. The third kappa shape index (κ3) is 2.80. The maximum Gasteiger partial charge on any atom is 0.258 e. The van der Waals surface area contributed by atoms with Crippen LogP contribution in [0.5, 0.6) is 0 Å². The number of carbonyl (C=O) groups is 1. The van der Waals surface area contributed by atoms with Crippen LogP contribution in [-0.2, 0) is 4.74 Å². The van der Waals surface area contributed by atoms with Gasteiger partial charge in [-0.1, -0.05) is 32.0 Å². The lowest BCUT2D eigenvalue weighted by Crippen LogP contribution is -2.43. The van der Waals surface area contributed by atoms with Crippen LogP contribution in [0, 0.1) is 0 Å². The molecule has 1 fully saturated rings. The van der Waals surface area contributed by atoms with Gasteiger partial charge in [-0.2, -0.15) is 0 Å². The van der Waals surface area contributed by atoms with Crippen LogP contribution < -0.4 is 0 Å². The van der Waals surface area contributed by atoms with E-state index in [9.17, 15) is 4.79 Å². The molecule has 3 heterocycles. The van der Waals surface area contributed by atoms with Crippen LogP contribution in [0.15, 0.2) is 39.4 Å². The fourth-order valence-electron chi connectivity index (χ4n) is 2.96. The zero-order chi connectivity index (χ0) is 17.4. The largest absolute Gasteiger partial charge is 0.463 e. The minimum atomic E-state index is -0.394. The summed E-state index contributed by atoms with van der Waals surface area (Å²) in [5.41, 5.74) is 1.22. The zero-order valence-corrected chi connectivity index (χ0v) is 14.1. The van der Waals surface area contributed by atoms with Crippen molar-refractivity contribution >= 4 is 16.9 Å². The Kier molecular flexibility index (Phi) is 4.01. The normalized spacial score (nSPS) is 18.2. The number of morpholine rings is 1. The number of para-hydroxylation sites is 1. The Morgan fingerprint density at radius 1 is 1.28 bits per heavy atom. The van der Waals surface area contributed by atoms with Crippen LogP contribution >= 0.6 is 0 Å². The van der Waals surface area contributed by atoms with Crippen molar-refractivity contribution in [3.05, 3.63) is 47.9 Å². The van der Waals surface area contributed by atoms with Crippen molar-refractivity contribution < 1.29 is 18.4 Å². The molecule has 1 aliphatic rings. The Labute approximate surface area is 144 Å². The zero-order valence-electron chi connectivity index (χ0n) is 14.1. The standard InChI is InChI=1S/C18H19N3O4/c1-11(2)16-19-20-17(25-16)14-10-23-8-7-21(14)18(22)13-9-24-15-6-4-3-5-12(13)15/h3-6,9,11,14H,7-8,10H2,1-2H3/t14-/m1/s1. The number of fused-ring (bicyclic) bond motifs is 1. The van der Waals surface area contributed by atoms with Crippen molar-refractivity contribution in [2.24, 2.45) is 0 Å². The molecule has 0 aliphatic carbocycles. The lowest BCUT2D eigenvalue weighted by atomic mass is 10.1. The monoisotopic (exact) mass is 341 g/mol. The average Bonchev–Trinajstić information content (AvgIpc) is 3.28. The second-order valence-electron chi connectivity index (χ2n) is 6.37. The first-order valence-electron chi connectivity index (χ1n) is 8.33. The minimum Gasteiger partial charge on any atom is -0.463 e. The van der Waals surface area contributed by atoms with E-state index >= 15 is 0 Å². The number of hydrogen-bond acceptors (Lipinski definition) is 6. The van der Waals surface area contributed by atoms with Crippen LogP contribution in [0.3, 0.4) is 0 Å². The van der Waals surface area contributed by atoms with E-state index in [1.165, 1.54) is 6.26 Å². The summed E-state index contributed by atoms with van der Waals surface area (Å²) in [5.74, 6) is 0.974. The highest BCUT2D eigenvalue weighted by molar-refractivity contribution is 6.06. The van der Waals surface area contributed by atoms with Crippen molar-refractivity contribution in [3.8, 4) is 0 Å². The maximum absolute atomic E-state index is 13.1. The molecule has 1 aromatic carbocycles. The summed E-state index contributed by atoms with van der Waals surface area (Å²) in [6.45, 7) is 5.23. The van der Waals surface area contributed by atoms with E-state index in [4.69, 9.17) is 13.6 Å². The highest BCUT2D eigenvalue weighted by Gasteiger charge is 2.34. The third-order valence-corrected chi connectivity index (χ3v) is 4.34. The summed E-state index contributed by atoms with van der Waals surface area (Å²) >= 11 is 0. The number of hydrogen-bond donors (Lipinski definition) is 0. The number of rotatable bonds is 3. The number of carbonyl (C=O) groups excluding carboxylic acids is 1. The van der Waals surface area contributed by atoms with Gasteiger partial charge in [0.15, 0.2) is 0 Å². The van der Waals surface area contributed by atoms with Crippen molar-refractivity contribution in [3.63, 3.8) is 0 Å². The van der Waals surface area contributed by atoms with Gasteiger partial charge >= 0.3 is 0 Å². The molecule has 1 aliphatic heterocycles. The fourth-order valence-corrected chi connectivity index (χ4v) is 2.96. The van der Waals surface area contributed by atoms with E-state index in [0.29, 0.717) is 42.7 Å². The SMILES string of the molecule is CC(C)c1nnc([C@H]2COCCN2C(=O)c2coc3ccccc23)o1. The second-order valence-corrected chi connectivity index (χ2v) is 6.37. The molecule has 0 bridgehead atoms. The van der Waals surface area contributed by atoms with Crippen LogP contribution in [-0.4, -0.2) is 40.8 Å². The third-order valence-electron chi connectivity index (χ3n) is 4.34. The first-order chi connectivity index (χ1) is 12.1. The molecule has 25 heavy (non-hydrogen) atoms. The fraction of sp³-hybridized carbons (Fsp3) is 0.389. The number of benzene rings is 1. The van der Waals surface area contributed by atoms with Gasteiger partial charge in [0.1, 0.15) is 17.9 Å². The number of amides is 1. The van der Waals surface area contributed by atoms with Gasteiger partial charge in [0.05, 0.1) is 18.8 Å². The van der Waals surface area contributed by atoms with Crippen LogP contribution in [0.25, 0.3) is 11.0 Å². The van der Waals surface area contributed by atoms with Crippen LogP contribution in [0.2, 0.25) is 0 Å². The molecule has 0 spiro atoms. The highest BCUT2D eigenvalue weighted by Crippen LogP contribution is 2.29. The molecule has 7 heteroatoms. The smallest absolute Gasteiger partial charge is 0.258 e. The predicted molar refractivity (Wildman–Crippen MR) is 89.2 cm³/mol. The molecule has 7 nitrogen and oxygen atoms in total. The van der Waals surface area contributed by atoms with Gasteiger partial charge in [0.25, 0.3) is 5.91 Å². The average molecular weight is 341 g/mol. The van der Waals surface area contributed by atoms with Crippen molar-refractivity contribution in [2.75, 3.05) is 19.8 Å². The summed E-state index contributed by atoms with van der Waals surface area (Å²) < 4.78 is 16.8. The summed E-state index contributed by atoms with van der Waals surface area (Å²) in [6, 6.07) is 7.10. The highest BCUT2D eigenvalue weighted by atomic mass is 16.5. The van der Waals surface area contributed by atoms with Gasteiger partial charge in [0.2, 0.25) is 11.8 Å². The lowest BCUT2D eigenvalue weighted by Gasteiger charge is -2.33. The van der Waals surface area contributed by atoms with Gasteiger partial charge in [-0.15, -0.1) is 10.2 Å². The number of aromatic nitrogens is 2. The molecule has 2 aromatic heterocycles. The number of furan rings is 1. The van der Waals surface area contributed by atoms with E-state index in [0.717, 1.165) is 5.39 Å². The molecule has 130 valence electrons. The first-order valence-corrected chi connectivity index (χ1v) is 8.33. The molecule has 3 aromatic rings. The van der Waals surface area contributed by atoms with Crippen molar-refractivity contribution in [1.82, 2.24) is 15.1 Å². The molecule has 0 radical (unpaired) electrons. The molecule has 0 N–H and O–H groups in total. The van der Waals surface area contributed by atoms with Gasteiger partial charge < -0.3 is 18.5 Å². The van der Waals surface area contributed by atoms with Gasteiger partial charge in [-0.25, -0.2) is 0 Å². The Morgan fingerprint density at radius 3 is 2.92 bits per heavy atom. The van der Waals surface area contributed by atoms with Gasteiger partial charge in [-0.05, 0) is 6.07 Å². The molecular formula is C18H19N3O4. The Bertz CT molecular complexity index is 899. The van der Waals surface area contributed by atoms with E-state index < -0.39 is 6.04 Å². The molecule has 0 unspecified atom stereocenters. The quantitative estimate of drug-likeness (QED) is 0.728. The summed E-state index contributed by atoms with van der Waals surface area (Å²) in [7, 11) is 0. The Hall–Kier alpha value is -2.67. The lowest BCUT2D eigenvalue weighted by molar-refractivity contribution is -0.0107. The van der Waals surface area contributed by atoms with Gasteiger partial charge in [-0.3, -0.25) is 4.79 Å². The molecular weight excluding hydrogens is 322 g/mol. The van der Waals surface area contributed by atoms with E-state index in [-0.39, 0.29) is 11.8 Å². The summed E-state index contributed by atoms with van der Waals surface area (Å²) in [6.07, 6.45) is 1.51. The van der Waals surface area contributed by atoms with Crippen molar-refractivity contribution in [2.45, 2.75) is 25.8 Å². The first kappa shape index (κ1) is 15.8. The Balaban J connectivity index is 1.67. The number of nitrogens with zero attached hydrogens (tertiary/aromatic N) is 3. The van der Waals surface area contributed by atoms with E-state index in [1.807, 2.05) is 38.1 Å². The summed E-state index contributed by atoms with van der Waals surface area (Å²) in [4.78, 5) is 14.8. The number of ether oxygens (including phenoxy) is 1. The Morgan fingerprint density at radius 2 is 2.12 bits per heavy atom. The molecule has 1 amide bonds. The van der Waals surface area contributed by atoms with Crippen LogP contribution in [0.1, 0.15) is 47.9 Å². The topological polar surface area (TPSA) is 81.6 Å². The second kappa shape index (κ2) is 6.33. The summed E-state index contributed by atoms with van der Waals surface area (Å²) in [5, 5.41) is 8.99.